The molecular weight excluding hydrogens is 280 g/mol. The second-order valence-electron chi connectivity index (χ2n) is 4.76. The van der Waals surface area contributed by atoms with Gasteiger partial charge in [0.05, 0.1) is 6.04 Å². The number of urea groups is 1. The molecule has 1 rings (SSSR count). The van der Waals surface area contributed by atoms with E-state index in [-0.39, 0.29) is 25.0 Å². The first-order chi connectivity index (χ1) is 9.45. The molecule has 4 N–H and O–H groups in total. The number of carbonyl (C=O) groups excluding carboxylic acids is 1. The zero-order chi connectivity index (χ0) is 15.1. The van der Waals surface area contributed by atoms with E-state index in [1.54, 1.807) is 0 Å². The van der Waals surface area contributed by atoms with Gasteiger partial charge in [-0.25, -0.2) is 9.59 Å². The van der Waals surface area contributed by atoms with Crippen molar-refractivity contribution >= 4 is 23.3 Å². The Morgan fingerprint density at radius 1 is 1.35 bits per heavy atom. The van der Waals surface area contributed by atoms with Crippen LogP contribution in [0.5, 0.6) is 0 Å². The van der Waals surface area contributed by atoms with Gasteiger partial charge in [-0.2, -0.15) is 0 Å². The van der Waals surface area contributed by atoms with E-state index in [2.05, 4.69) is 10.6 Å². The Morgan fingerprint density at radius 2 is 2.05 bits per heavy atom. The van der Waals surface area contributed by atoms with Gasteiger partial charge >= 0.3 is 12.0 Å². The van der Waals surface area contributed by atoms with Crippen molar-refractivity contribution in [1.29, 1.82) is 0 Å². The molecule has 0 bridgehead atoms. The van der Waals surface area contributed by atoms with Crippen molar-refractivity contribution in [1.82, 2.24) is 10.6 Å². The molecule has 1 aromatic heterocycles. The summed E-state index contributed by atoms with van der Waals surface area (Å²) in [5.74, 6) is -0.980. The van der Waals surface area contributed by atoms with E-state index in [9.17, 15) is 9.59 Å². The van der Waals surface area contributed by atoms with E-state index < -0.39 is 18.0 Å². The topological polar surface area (TPSA) is 98.7 Å². The molecule has 0 fully saturated rings. The quantitative estimate of drug-likeness (QED) is 0.614. The number of hydrogen-bond donors (Lipinski definition) is 4. The fourth-order valence-electron chi connectivity index (χ4n) is 1.76. The Morgan fingerprint density at radius 3 is 2.50 bits per heavy atom. The molecule has 0 saturated heterocycles. The lowest BCUT2D eigenvalue weighted by Gasteiger charge is -2.23. The molecule has 0 saturated carbocycles. The van der Waals surface area contributed by atoms with Crippen LogP contribution in [0, 0.1) is 5.92 Å². The van der Waals surface area contributed by atoms with Crippen LogP contribution < -0.4 is 10.6 Å². The molecular formula is C13H20N2O4S. The minimum Gasteiger partial charge on any atom is -0.480 e. The highest BCUT2D eigenvalue weighted by Gasteiger charge is 2.23. The van der Waals surface area contributed by atoms with Crippen LogP contribution in [0.3, 0.4) is 0 Å². The Hall–Kier alpha value is -1.60. The monoisotopic (exact) mass is 300 g/mol. The van der Waals surface area contributed by atoms with Crippen molar-refractivity contribution < 1.29 is 19.8 Å². The van der Waals surface area contributed by atoms with Gasteiger partial charge in [0.15, 0.2) is 0 Å². The van der Waals surface area contributed by atoms with Crippen LogP contribution in [0.4, 0.5) is 4.79 Å². The van der Waals surface area contributed by atoms with Crippen LogP contribution >= 0.6 is 11.3 Å². The normalized spacial score (nSPS) is 13.8. The second kappa shape index (κ2) is 7.86. The summed E-state index contributed by atoms with van der Waals surface area (Å²) < 4.78 is 0. The molecule has 1 aromatic rings. The van der Waals surface area contributed by atoms with Gasteiger partial charge in [-0.05, 0) is 17.4 Å². The minimum absolute atomic E-state index is 0.0197. The smallest absolute Gasteiger partial charge is 0.326 e. The minimum atomic E-state index is -1.16. The van der Waals surface area contributed by atoms with Crippen molar-refractivity contribution in [3.05, 3.63) is 22.4 Å². The van der Waals surface area contributed by atoms with E-state index >= 15 is 0 Å². The van der Waals surface area contributed by atoms with Crippen molar-refractivity contribution in [2.24, 2.45) is 5.92 Å². The third-order valence-electron chi connectivity index (χ3n) is 2.82. The zero-order valence-corrected chi connectivity index (χ0v) is 12.3. The van der Waals surface area contributed by atoms with Gasteiger partial charge in [0.1, 0.15) is 6.04 Å². The van der Waals surface area contributed by atoms with Crippen molar-refractivity contribution in [2.75, 3.05) is 6.61 Å². The zero-order valence-electron chi connectivity index (χ0n) is 11.5. The number of rotatable bonds is 7. The summed E-state index contributed by atoms with van der Waals surface area (Å²) >= 11 is 1.54. The molecule has 112 valence electrons. The van der Waals surface area contributed by atoms with Crippen LogP contribution in [0.25, 0.3) is 0 Å². The van der Waals surface area contributed by atoms with Gasteiger partial charge in [0.25, 0.3) is 0 Å². The lowest BCUT2D eigenvalue weighted by molar-refractivity contribution is -0.139. The van der Waals surface area contributed by atoms with E-state index in [0.29, 0.717) is 0 Å². The standard InChI is InChI=1S/C13H20N2O4S/c1-8(2)11(10-4-3-7-20-10)15-13(19)14-9(5-6-16)12(17)18/h3-4,7-9,11,16H,5-6H2,1-2H3,(H,17,18)(H2,14,15,19)/t9-,11?/m1/s1. The Kier molecular flexibility index (Phi) is 6.47. The molecule has 0 radical (unpaired) electrons. The van der Waals surface area contributed by atoms with Gasteiger partial charge < -0.3 is 20.8 Å². The molecule has 0 aliphatic rings. The predicted octanol–water partition coefficient (Wildman–Crippen LogP) is 1.58. The lowest BCUT2D eigenvalue weighted by atomic mass is 10.0. The SMILES string of the molecule is CC(C)C(NC(=O)N[C@H](CCO)C(=O)O)c1cccs1. The molecule has 7 heteroatoms. The number of aliphatic hydroxyl groups excluding tert-OH is 1. The number of amides is 2. The Balaban J connectivity index is 2.65. The Bertz CT molecular complexity index is 434. The highest BCUT2D eigenvalue weighted by molar-refractivity contribution is 7.10. The maximum Gasteiger partial charge on any atom is 0.326 e. The van der Waals surface area contributed by atoms with E-state index in [4.69, 9.17) is 10.2 Å². The van der Waals surface area contributed by atoms with Crippen LogP contribution in [-0.4, -0.2) is 34.9 Å². The maximum absolute atomic E-state index is 11.9. The predicted molar refractivity (Wildman–Crippen MR) is 76.7 cm³/mol. The van der Waals surface area contributed by atoms with Gasteiger partial charge in [-0.3, -0.25) is 0 Å². The number of thiophene rings is 1. The number of hydrogen-bond acceptors (Lipinski definition) is 4. The third-order valence-corrected chi connectivity index (χ3v) is 3.78. The summed E-state index contributed by atoms with van der Waals surface area (Å²) in [5.41, 5.74) is 0. The molecule has 1 unspecified atom stereocenters. The molecule has 20 heavy (non-hydrogen) atoms. The first-order valence-corrected chi connectivity index (χ1v) is 7.27. The Labute approximate surface area is 121 Å². The number of nitrogens with one attached hydrogen (secondary N) is 2. The lowest BCUT2D eigenvalue weighted by Crippen LogP contribution is -2.47. The molecule has 2 amide bonds. The molecule has 0 aromatic carbocycles. The van der Waals surface area contributed by atoms with Crippen molar-refractivity contribution in [3.63, 3.8) is 0 Å². The third kappa shape index (κ3) is 4.82. The molecule has 0 aliphatic heterocycles. The first-order valence-electron chi connectivity index (χ1n) is 6.39. The van der Waals surface area contributed by atoms with Crippen LogP contribution in [-0.2, 0) is 4.79 Å². The molecule has 0 spiro atoms. The van der Waals surface area contributed by atoms with E-state index in [1.807, 2.05) is 31.4 Å². The van der Waals surface area contributed by atoms with Crippen LogP contribution in [0.15, 0.2) is 17.5 Å². The van der Waals surface area contributed by atoms with E-state index in [1.165, 1.54) is 11.3 Å². The van der Waals surface area contributed by atoms with Gasteiger partial charge in [0, 0.05) is 17.9 Å². The summed E-state index contributed by atoms with van der Waals surface area (Å²) in [6.07, 6.45) is -0.0197. The number of carbonyl (C=O) groups is 2. The summed E-state index contributed by atoms with van der Waals surface area (Å²) in [5, 5.41) is 24.8. The summed E-state index contributed by atoms with van der Waals surface area (Å²) in [4.78, 5) is 23.8. The molecule has 6 nitrogen and oxygen atoms in total. The van der Waals surface area contributed by atoms with Gasteiger partial charge in [-0.15, -0.1) is 11.3 Å². The molecule has 1 heterocycles. The second-order valence-corrected chi connectivity index (χ2v) is 5.74. The van der Waals surface area contributed by atoms with Crippen LogP contribution in [0.1, 0.15) is 31.2 Å². The largest absolute Gasteiger partial charge is 0.480 e. The van der Waals surface area contributed by atoms with Crippen molar-refractivity contribution in [2.45, 2.75) is 32.4 Å². The maximum atomic E-state index is 11.9. The number of aliphatic hydroxyl groups is 1. The summed E-state index contributed by atoms with van der Waals surface area (Å²) in [6, 6.07) is 2.03. The highest BCUT2D eigenvalue weighted by Crippen LogP contribution is 2.25. The van der Waals surface area contributed by atoms with Crippen LogP contribution in [0.2, 0.25) is 0 Å². The number of carboxylic acid groups (broad SMARTS) is 1. The number of aliphatic carboxylic acids is 1. The fourth-order valence-corrected chi connectivity index (χ4v) is 2.71. The number of carboxylic acids is 1. The van der Waals surface area contributed by atoms with Crippen molar-refractivity contribution in [3.8, 4) is 0 Å². The summed E-state index contributed by atoms with van der Waals surface area (Å²) in [6.45, 7) is 3.66. The fraction of sp³-hybridized carbons (Fsp3) is 0.538. The average Bonchev–Trinajstić information content (AvgIpc) is 2.88. The average molecular weight is 300 g/mol. The molecule has 2 atom stereocenters. The highest BCUT2D eigenvalue weighted by atomic mass is 32.1. The molecule has 0 aliphatic carbocycles. The summed E-state index contributed by atoms with van der Waals surface area (Å²) in [7, 11) is 0. The van der Waals surface area contributed by atoms with Gasteiger partial charge in [-0.1, -0.05) is 19.9 Å². The van der Waals surface area contributed by atoms with Gasteiger partial charge in [0.2, 0.25) is 0 Å². The first kappa shape index (κ1) is 16.5. The van der Waals surface area contributed by atoms with E-state index in [0.717, 1.165) is 4.88 Å².